The fraction of sp³-hybridized carbons (Fsp3) is 0.235. The predicted octanol–water partition coefficient (Wildman–Crippen LogP) is 4.26. The number of hydrogen-bond acceptors (Lipinski definition) is 5. The van der Waals surface area contributed by atoms with Gasteiger partial charge >= 0.3 is 0 Å². The van der Waals surface area contributed by atoms with Crippen molar-refractivity contribution in [3.63, 3.8) is 0 Å². The van der Waals surface area contributed by atoms with E-state index in [1.54, 1.807) is 18.0 Å². The van der Waals surface area contributed by atoms with Crippen LogP contribution in [0.15, 0.2) is 33.8 Å². The second-order valence-electron chi connectivity index (χ2n) is 5.31. The Morgan fingerprint density at radius 2 is 2.04 bits per heavy atom. The Kier molecular flexibility index (Phi) is 4.78. The van der Waals surface area contributed by atoms with Crippen molar-refractivity contribution in [2.75, 3.05) is 11.9 Å². The summed E-state index contributed by atoms with van der Waals surface area (Å²) in [7, 11) is 1.67. The minimum absolute atomic E-state index is 0.0203. The number of aliphatic imine (C=N–C) groups is 1. The van der Waals surface area contributed by atoms with E-state index in [1.165, 1.54) is 11.8 Å². The summed E-state index contributed by atoms with van der Waals surface area (Å²) in [6, 6.07) is 7.44. The van der Waals surface area contributed by atoms with Gasteiger partial charge in [-0.3, -0.25) is 14.7 Å². The zero-order chi connectivity index (χ0) is 17.3. The first-order valence-electron chi connectivity index (χ1n) is 7.38. The summed E-state index contributed by atoms with van der Waals surface area (Å²) in [6.07, 6.45) is 3.69. The van der Waals surface area contributed by atoms with Crippen LogP contribution in [0.5, 0.6) is 0 Å². The molecule has 124 valence electrons. The van der Waals surface area contributed by atoms with E-state index in [0.717, 1.165) is 5.56 Å². The van der Waals surface area contributed by atoms with Crippen LogP contribution in [0.3, 0.4) is 0 Å². The van der Waals surface area contributed by atoms with Crippen LogP contribution in [0.2, 0.25) is 5.02 Å². The number of rotatable bonds is 3. The molecule has 0 aliphatic carbocycles. The van der Waals surface area contributed by atoms with Crippen LogP contribution in [0.25, 0.3) is 12.2 Å². The maximum atomic E-state index is 12.5. The molecular weight excluding hydrogens is 346 g/mol. The molecule has 24 heavy (non-hydrogen) atoms. The van der Waals surface area contributed by atoms with E-state index in [1.807, 2.05) is 44.2 Å². The van der Waals surface area contributed by atoms with E-state index >= 15 is 0 Å². The molecule has 1 aromatic heterocycles. The third-order valence-corrected chi connectivity index (χ3v) is 4.99. The van der Waals surface area contributed by atoms with E-state index in [9.17, 15) is 4.79 Å². The molecule has 1 saturated heterocycles. The lowest BCUT2D eigenvalue weighted by Gasteiger charge is -2.15. The molecule has 1 aliphatic rings. The first-order valence-corrected chi connectivity index (χ1v) is 8.64. The van der Waals surface area contributed by atoms with Crippen molar-refractivity contribution in [2.24, 2.45) is 4.99 Å². The molecule has 1 amide bonds. The maximum Gasteiger partial charge on any atom is 0.246 e. The third kappa shape index (κ3) is 3.12. The van der Waals surface area contributed by atoms with Gasteiger partial charge in [0.25, 0.3) is 0 Å². The summed E-state index contributed by atoms with van der Waals surface area (Å²) < 4.78 is 5.41. The van der Waals surface area contributed by atoms with Gasteiger partial charge in [0.2, 0.25) is 5.91 Å². The molecule has 1 aromatic carbocycles. The number of aryl methyl sites for hydroxylation is 1. The summed E-state index contributed by atoms with van der Waals surface area (Å²) in [6.45, 7) is 3.68. The van der Waals surface area contributed by atoms with Crippen LogP contribution in [0.4, 0.5) is 5.69 Å². The Morgan fingerprint density at radius 1 is 1.33 bits per heavy atom. The fourth-order valence-electron chi connectivity index (χ4n) is 2.41. The average molecular weight is 362 g/mol. The van der Waals surface area contributed by atoms with Crippen LogP contribution >= 0.6 is 23.4 Å². The van der Waals surface area contributed by atoms with Crippen LogP contribution in [0, 0.1) is 6.92 Å². The standard InChI is InChI=1S/C17H16ClN3O2S/c1-10-15(21-16(22)11(2)24-17(21)19-3)14(23-20-10)9-6-12-4-7-13(18)8-5-12/h4-9,11H,1-3H3/b9-6+,19-17?. The highest BCUT2D eigenvalue weighted by Crippen LogP contribution is 2.36. The van der Waals surface area contributed by atoms with Gasteiger partial charge in [-0.2, -0.15) is 0 Å². The molecule has 0 bridgehead atoms. The Balaban J connectivity index is 1.97. The van der Waals surface area contributed by atoms with E-state index in [4.69, 9.17) is 16.1 Å². The van der Waals surface area contributed by atoms with E-state index in [0.29, 0.717) is 27.3 Å². The van der Waals surface area contributed by atoms with Gasteiger partial charge in [-0.15, -0.1) is 0 Å². The highest BCUT2D eigenvalue weighted by atomic mass is 35.5. The number of anilines is 1. The summed E-state index contributed by atoms with van der Waals surface area (Å²) in [5.41, 5.74) is 2.26. The van der Waals surface area contributed by atoms with E-state index in [-0.39, 0.29) is 11.2 Å². The number of amides is 1. The Hall–Kier alpha value is -2.05. The van der Waals surface area contributed by atoms with Crippen molar-refractivity contribution in [3.8, 4) is 0 Å². The molecule has 3 rings (SSSR count). The van der Waals surface area contributed by atoms with Crippen LogP contribution in [-0.4, -0.2) is 28.5 Å². The number of amidine groups is 1. The van der Waals surface area contributed by atoms with Gasteiger partial charge in [0, 0.05) is 12.1 Å². The second kappa shape index (κ2) is 6.83. The van der Waals surface area contributed by atoms with Gasteiger partial charge in [0.15, 0.2) is 10.9 Å². The molecule has 0 radical (unpaired) electrons. The number of nitrogens with zero attached hydrogens (tertiary/aromatic N) is 3. The van der Waals surface area contributed by atoms with Crippen LogP contribution in [-0.2, 0) is 4.79 Å². The van der Waals surface area contributed by atoms with Crippen molar-refractivity contribution in [1.82, 2.24) is 5.16 Å². The van der Waals surface area contributed by atoms with Crippen molar-refractivity contribution in [3.05, 3.63) is 46.3 Å². The lowest BCUT2D eigenvalue weighted by Crippen LogP contribution is -2.32. The number of halogens is 1. The van der Waals surface area contributed by atoms with Gasteiger partial charge in [-0.05, 0) is 37.6 Å². The summed E-state index contributed by atoms with van der Waals surface area (Å²) >= 11 is 7.32. The van der Waals surface area contributed by atoms with Crippen molar-refractivity contribution >= 4 is 52.3 Å². The molecule has 0 saturated carbocycles. The normalized spacial score (nSPS) is 19.8. The molecule has 2 aromatic rings. The van der Waals surface area contributed by atoms with Gasteiger partial charge in [-0.25, -0.2) is 0 Å². The molecule has 1 unspecified atom stereocenters. The molecule has 1 aliphatic heterocycles. The zero-order valence-electron chi connectivity index (χ0n) is 13.5. The van der Waals surface area contributed by atoms with Crippen molar-refractivity contribution in [1.29, 1.82) is 0 Å². The quantitative estimate of drug-likeness (QED) is 0.819. The van der Waals surface area contributed by atoms with Gasteiger partial charge in [0.1, 0.15) is 11.4 Å². The van der Waals surface area contributed by atoms with Crippen LogP contribution < -0.4 is 4.90 Å². The molecule has 7 heteroatoms. The first-order chi connectivity index (χ1) is 11.5. The van der Waals surface area contributed by atoms with Crippen molar-refractivity contribution < 1.29 is 9.32 Å². The Bertz CT molecular complexity index is 827. The highest BCUT2D eigenvalue weighted by molar-refractivity contribution is 8.16. The Morgan fingerprint density at radius 3 is 2.71 bits per heavy atom. The second-order valence-corrected chi connectivity index (χ2v) is 7.05. The number of thioether (sulfide) groups is 1. The van der Waals surface area contributed by atoms with E-state index in [2.05, 4.69) is 10.1 Å². The minimum Gasteiger partial charge on any atom is -0.354 e. The fourth-order valence-corrected chi connectivity index (χ4v) is 3.45. The van der Waals surface area contributed by atoms with Crippen molar-refractivity contribution in [2.45, 2.75) is 19.1 Å². The molecule has 5 nitrogen and oxygen atoms in total. The average Bonchev–Trinajstić information content (AvgIpc) is 3.07. The number of benzene rings is 1. The van der Waals surface area contributed by atoms with Gasteiger partial charge in [0.05, 0.1) is 5.25 Å². The lowest BCUT2D eigenvalue weighted by molar-refractivity contribution is -0.116. The zero-order valence-corrected chi connectivity index (χ0v) is 15.1. The van der Waals surface area contributed by atoms with Crippen LogP contribution in [0.1, 0.15) is 23.9 Å². The smallest absolute Gasteiger partial charge is 0.246 e. The monoisotopic (exact) mass is 361 g/mol. The molecular formula is C17H16ClN3O2S. The number of carbonyl (C=O) groups is 1. The van der Waals surface area contributed by atoms with Gasteiger partial charge in [-0.1, -0.05) is 46.7 Å². The predicted molar refractivity (Wildman–Crippen MR) is 99.5 cm³/mol. The Labute approximate surface area is 149 Å². The SMILES string of the molecule is CN=C1SC(C)C(=O)N1c1c(C)noc1/C=C/c1ccc(Cl)cc1. The summed E-state index contributed by atoms with van der Waals surface area (Å²) in [5.74, 6) is 0.500. The number of carbonyl (C=O) groups excluding carboxylic acids is 1. The summed E-state index contributed by atoms with van der Waals surface area (Å²) in [5, 5.41) is 5.17. The topological polar surface area (TPSA) is 58.7 Å². The number of aromatic nitrogens is 1. The first kappa shape index (κ1) is 16.8. The van der Waals surface area contributed by atoms with E-state index < -0.39 is 0 Å². The highest BCUT2D eigenvalue weighted by Gasteiger charge is 2.38. The largest absolute Gasteiger partial charge is 0.354 e. The third-order valence-electron chi connectivity index (χ3n) is 3.61. The molecule has 0 N–H and O–H groups in total. The molecule has 1 atom stereocenters. The molecule has 1 fully saturated rings. The lowest BCUT2D eigenvalue weighted by atomic mass is 10.2. The maximum absolute atomic E-state index is 12.5. The molecule has 2 heterocycles. The van der Waals surface area contributed by atoms with Gasteiger partial charge < -0.3 is 4.52 Å². The molecule has 0 spiro atoms. The minimum atomic E-state index is -0.175. The number of hydrogen-bond donors (Lipinski definition) is 0. The summed E-state index contributed by atoms with van der Waals surface area (Å²) in [4.78, 5) is 18.3.